The zero-order valence-corrected chi connectivity index (χ0v) is 62.6. The van der Waals surface area contributed by atoms with Crippen LogP contribution in [0.15, 0.2) is 248 Å². The first-order chi connectivity index (χ1) is 51.2. The zero-order chi connectivity index (χ0) is 73.0. The highest BCUT2D eigenvalue weighted by Gasteiger charge is 2.63. The van der Waals surface area contributed by atoms with E-state index in [1.165, 1.54) is 0 Å². The number of nitrogens with zero attached hydrogens (tertiary/aromatic N) is 3. The van der Waals surface area contributed by atoms with Crippen molar-refractivity contribution >= 4 is 8.32 Å². The smallest absolute Gasteiger partial charge is 0.200 e. The van der Waals surface area contributed by atoms with Gasteiger partial charge in [0.1, 0.15) is 85.4 Å². The fourth-order valence-corrected chi connectivity index (χ4v) is 20.9. The van der Waals surface area contributed by atoms with Gasteiger partial charge in [0.25, 0.3) is 0 Å². The summed E-state index contributed by atoms with van der Waals surface area (Å²) < 4.78 is 110. The molecule has 3 aliphatic heterocycles. The van der Waals surface area contributed by atoms with Gasteiger partial charge in [0.15, 0.2) is 26.7 Å². The van der Waals surface area contributed by atoms with E-state index in [4.69, 9.17) is 70.7 Å². The minimum Gasteiger partial charge on any atom is -0.413 e. The van der Waals surface area contributed by atoms with Crippen molar-refractivity contribution in [3.05, 3.63) is 298 Å². The van der Waals surface area contributed by atoms with Crippen LogP contribution in [0.25, 0.3) is 10.4 Å². The Morgan fingerprint density at radius 3 is 1.03 bits per heavy atom. The van der Waals surface area contributed by atoms with Crippen LogP contribution in [0.2, 0.25) is 16.6 Å². The third kappa shape index (κ3) is 20.3. The largest absolute Gasteiger partial charge is 0.413 e. The molecule has 0 aromatic heterocycles. The predicted molar refractivity (Wildman–Crippen MR) is 402 cm³/mol. The van der Waals surface area contributed by atoms with Crippen molar-refractivity contribution < 1.29 is 70.7 Å². The van der Waals surface area contributed by atoms with Crippen molar-refractivity contribution in [3.63, 3.8) is 0 Å². The Kier molecular flexibility index (Phi) is 28.0. The van der Waals surface area contributed by atoms with E-state index >= 15 is 0 Å². The molecule has 16 atom stereocenters. The fourth-order valence-electron chi connectivity index (χ4n) is 15.4. The molecular formula is C86H103N3O15Si. The van der Waals surface area contributed by atoms with Crippen molar-refractivity contribution in [2.75, 3.05) is 13.2 Å². The van der Waals surface area contributed by atoms with Gasteiger partial charge in [-0.15, -0.1) is 0 Å². The van der Waals surface area contributed by atoms with E-state index in [2.05, 4.69) is 51.6 Å². The number of ether oxygens (including phenoxy) is 14. The van der Waals surface area contributed by atoms with Gasteiger partial charge in [0.05, 0.1) is 66.1 Å². The first-order valence-corrected chi connectivity index (χ1v) is 39.2. The van der Waals surface area contributed by atoms with E-state index in [1.807, 2.05) is 257 Å². The molecule has 3 saturated heterocycles. The van der Waals surface area contributed by atoms with E-state index < -0.39 is 112 Å². The normalized spacial score (nSPS) is 26.7. The maximum Gasteiger partial charge on any atom is 0.200 e. The lowest BCUT2D eigenvalue weighted by Gasteiger charge is -2.52. The summed E-state index contributed by atoms with van der Waals surface area (Å²) in [4.78, 5) is 3.61. The van der Waals surface area contributed by atoms with Gasteiger partial charge >= 0.3 is 0 Å². The molecule has 18 nitrogen and oxygen atoms in total. The second-order valence-electron chi connectivity index (χ2n) is 29.0. The standard InChI is InChI=1S/C86H103N3O15Si/c1-59(2)105(60(3)4,61(5)6)98-58-71-73(91-50-63-35-19-10-20-36-63)76(93-52-65-39-23-12-24-40-65)83(97-56-69-47-31-16-32-48-69)85(100-71)101-74-70(57-90-49-62-33-17-9-18-34-62)99-84(72(88-89-87)75(74)92-51-64-37-21-11-22-38-64)102-80-78(95-54-67-43-27-14-28-44-67)77(94-53-66-41-25-13-26-42-66)79(81-82(80)104-86(7,8)103-81)96-55-68-45-29-15-30-46-68/h9-48,59-61,70-85H,49-58H2,1-8H3. The second kappa shape index (κ2) is 38.0. The van der Waals surface area contributed by atoms with Gasteiger partial charge in [-0.05, 0) is 80.5 Å². The lowest BCUT2D eigenvalue weighted by molar-refractivity contribution is -0.370. The fraction of sp³-hybridized carbons (Fsp3) is 0.442. The van der Waals surface area contributed by atoms with Crippen LogP contribution in [0.5, 0.6) is 0 Å². The molecule has 0 N–H and O–H groups in total. The number of rotatable bonds is 36. The molecular weight excluding hydrogens is 1340 g/mol. The summed E-state index contributed by atoms with van der Waals surface area (Å²) in [5.41, 5.74) is 19.2. The van der Waals surface area contributed by atoms with E-state index in [0.717, 1.165) is 44.5 Å². The molecule has 8 aromatic carbocycles. The third-order valence-electron chi connectivity index (χ3n) is 20.4. The molecule has 4 fully saturated rings. The molecule has 1 saturated carbocycles. The summed E-state index contributed by atoms with van der Waals surface area (Å²) in [5, 5.41) is 4.68. The Balaban J connectivity index is 0.986. The number of hydrogen-bond acceptors (Lipinski definition) is 16. The monoisotopic (exact) mass is 1450 g/mol. The van der Waals surface area contributed by atoms with Crippen molar-refractivity contribution in [1.29, 1.82) is 0 Å². The van der Waals surface area contributed by atoms with Gasteiger partial charge in [-0.3, -0.25) is 0 Å². The SMILES string of the molecule is CC(C)[Si](OCC1OC(OC2C(COCc3ccccc3)OC(OC3C(OCc4ccccc4)C(OCc4ccccc4)C(OCc4ccccc4)C4OC(C)(C)OC34)C(N=[N+]=[N-])C2OCc2ccccc2)C(OCc2ccccc2)C(OCc2ccccc2)C1OCc1ccccc1)(C(C)C)C(C)C. The van der Waals surface area contributed by atoms with Gasteiger partial charge in [-0.2, -0.15) is 0 Å². The minimum absolute atomic E-state index is 0.0471. The van der Waals surface area contributed by atoms with Crippen LogP contribution >= 0.6 is 0 Å². The van der Waals surface area contributed by atoms with Gasteiger partial charge in [-0.25, -0.2) is 0 Å². The number of fused-ring (bicyclic) bond motifs is 1. The first-order valence-electron chi connectivity index (χ1n) is 37.1. The highest BCUT2D eigenvalue weighted by Crippen LogP contribution is 2.47. The summed E-state index contributed by atoms with van der Waals surface area (Å²) in [7, 11) is -2.61. The van der Waals surface area contributed by atoms with E-state index in [9.17, 15) is 5.53 Å². The van der Waals surface area contributed by atoms with Crippen LogP contribution in [-0.4, -0.2) is 125 Å². The molecule has 0 spiro atoms. The summed E-state index contributed by atoms with van der Waals surface area (Å²) in [6.07, 6.45) is -14.9. The Morgan fingerprint density at radius 2 is 0.648 bits per heavy atom. The molecule has 3 heterocycles. The maximum atomic E-state index is 11.2. The molecule has 0 bridgehead atoms. The third-order valence-corrected chi connectivity index (χ3v) is 26.4. The molecule has 0 amide bonds. The van der Waals surface area contributed by atoms with Crippen molar-refractivity contribution in [3.8, 4) is 0 Å². The van der Waals surface area contributed by atoms with Crippen LogP contribution in [0.4, 0.5) is 0 Å². The highest BCUT2D eigenvalue weighted by atomic mass is 28.4. The first kappa shape index (κ1) is 77.3. The van der Waals surface area contributed by atoms with Crippen molar-refractivity contribution in [2.45, 2.75) is 229 Å². The highest BCUT2D eigenvalue weighted by molar-refractivity contribution is 6.77. The number of hydrogen-bond donors (Lipinski definition) is 0. The molecule has 8 aromatic rings. The number of azide groups is 1. The van der Waals surface area contributed by atoms with Gasteiger partial charge < -0.3 is 70.7 Å². The lowest BCUT2D eigenvalue weighted by atomic mass is 9.83. The Morgan fingerprint density at radius 1 is 0.352 bits per heavy atom. The molecule has 1 aliphatic carbocycles. The van der Waals surface area contributed by atoms with E-state index in [-0.39, 0.29) is 82.7 Å². The summed E-state index contributed by atoms with van der Waals surface area (Å²) in [5.74, 6) is -1.16. The lowest BCUT2D eigenvalue weighted by Crippen LogP contribution is -2.68. The van der Waals surface area contributed by atoms with Crippen LogP contribution in [-0.2, 0) is 124 Å². The summed E-state index contributed by atoms with van der Waals surface area (Å²) >= 11 is 0. The molecule has 4 aliphatic rings. The van der Waals surface area contributed by atoms with Crippen LogP contribution in [0.3, 0.4) is 0 Å². The van der Waals surface area contributed by atoms with E-state index in [0.29, 0.717) is 0 Å². The molecule has 16 unspecified atom stereocenters. The Hall–Kier alpha value is -7.31. The molecule has 105 heavy (non-hydrogen) atoms. The zero-order valence-electron chi connectivity index (χ0n) is 61.6. The van der Waals surface area contributed by atoms with Crippen LogP contribution in [0, 0.1) is 0 Å². The molecule has 556 valence electrons. The average molecular weight is 1450 g/mol. The molecule has 0 radical (unpaired) electrons. The van der Waals surface area contributed by atoms with Gasteiger partial charge in [-0.1, -0.05) is 289 Å². The molecule has 19 heteroatoms. The van der Waals surface area contributed by atoms with Crippen molar-refractivity contribution in [2.24, 2.45) is 5.11 Å². The van der Waals surface area contributed by atoms with Gasteiger partial charge in [0.2, 0.25) is 0 Å². The second-order valence-corrected chi connectivity index (χ2v) is 34.5. The van der Waals surface area contributed by atoms with Crippen LogP contribution < -0.4 is 0 Å². The minimum atomic E-state index is -2.61. The summed E-state index contributed by atoms with van der Waals surface area (Å²) in [6.45, 7) is 18.8. The van der Waals surface area contributed by atoms with Crippen molar-refractivity contribution in [1.82, 2.24) is 0 Å². The molecule has 12 rings (SSSR count). The van der Waals surface area contributed by atoms with E-state index in [1.54, 1.807) is 0 Å². The summed E-state index contributed by atoms with van der Waals surface area (Å²) in [6, 6.07) is 78.5. The Bertz CT molecular complexity index is 3840. The van der Waals surface area contributed by atoms with Crippen LogP contribution in [0.1, 0.15) is 99.9 Å². The topological polar surface area (TPSA) is 187 Å². The average Bonchev–Trinajstić information content (AvgIpc) is 1.68. The quantitative estimate of drug-likeness (QED) is 0.0156. The van der Waals surface area contributed by atoms with Gasteiger partial charge in [0, 0.05) is 4.91 Å². The number of benzene rings is 8. The Labute approximate surface area is 620 Å². The maximum absolute atomic E-state index is 11.2. The predicted octanol–water partition coefficient (Wildman–Crippen LogP) is 16.9.